The van der Waals surface area contributed by atoms with Gasteiger partial charge in [-0.25, -0.2) is 0 Å². The van der Waals surface area contributed by atoms with Crippen molar-refractivity contribution in [3.05, 3.63) is 0 Å². The number of amides is 1. The molecule has 1 N–H and O–H groups in total. The smallest absolute Gasteiger partial charge is 0.226 e. The Bertz CT molecular complexity index is 421. The molecule has 2 nitrogen and oxygen atoms in total. The van der Waals surface area contributed by atoms with Crippen molar-refractivity contribution in [3.63, 3.8) is 0 Å². The van der Waals surface area contributed by atoms with E-state index in [4.69, 9.17) is 0 Å². The van der Waals surface area contributed by atoms with E-state index in [1.54, 1.807) is 0 Å². The predicted molar refractivity (Wildman–Crippen MR) is 144 cm³/mol. The second-order valence-electron chi connectivity index (χ2n) is 11.2. The number of unbranched alkanes of at least 4 members (excludes halogenated alkanes) is 13. The standard InChI is InChI=1S/C30H61NO/c1-7-11-15-19-23-27-30(6,26-22-18-14-10-4)31-28(32)29(5,24-20-16-12-8-2)25-21-17-13-9-3/h7-27H2,1-6H3,(H,31,32). The van der Waals surface area contributed by atoms with Crippen molar-refractivity contribution in [2.75, 3.05) is 0 Å². The fraction of sp³-hybridized carbons (Fsp3) is 0.967. The summed E-state index contributed by atoms with van der Waals surface area (Å²) in [6.45, 7) is 13.7. The molecule has 1 unspecified atom stereocenters. The van der Waals surface area contributed by atoms with Crippen molar-refractivity contribution >= 4 is 5.91 Å². The summed E-state index contributed by atoms with van der Waals surface area (Å²) in [5, 5.41) is 3.64. The van der Waals surface area contributed by atoms with Crippen LogP contribution in [-0.4, -0.2) is 11.4 Å². The highest BCUT2D eigenvalue weighted by molar-refractivity contribution is 5.82. The van der Waals surface area contributed by atoms with Gasteiger partial charge >= 0.3 is 0 Å². The molecule has 0 aromatic heterocycles. The third kappa shape index (κ3) is 15.3. The molecule has 0 rings (SSSR count). The van der Waals surface area contributed by atoms with Crippen molar-refractivity contribution in [2.45, 2.75) is 182 Å². The first-order chi connectivity index (χ1) is 15.4. The molecule has 0 saturated heterocycles. The lowest BCUT2D eigenvalue weighted by atomic mass is 9.77. The minimum atomic E-state index is -0.200. The first kappa shape index (κ1) is 31.5. The number of hydrogen-bond acceptors (Lipinski definition) is 1. The summed E-state index contributed by atoms with van der Waals surface area (Å²) in [4.78, 5) is 13.7. The van der Waals surface area contributed by atoms with Crippen LogP contribution in [0.2, 0.25) is 0 Å². The van der Waals surface area contributed by atoms with Crippen molar-refractivity contribution in [2.24, 2.45) is 5.41 Å². The second-order valence-corrected chi connectivity index (χ2v) is 11.2. The molecule has 0 saturated carbocycles. The van der Waals surface area contributed by atoms with Crippen LogP contribution in [0.4, 0.5) is 0 Å². The first-order valence-corrected chi connectivity index (χ1v) is 14.7. The van der Waals surface area contributed by atoms with E-state index < -0.39 is 0 Å². The van der Waals surface area contributed by atoms with E-state index in [2.05, 4.69) is 46.9 Å². The van der Waals surface area contributed by atoms with Gasteiger partial charge in [0, 0.05) is 11.0 Å². The van der Waals surface area contributed by atoms with Gasteiger partial charge in [0.2, 0.25) is 5.91 Å². The third-order valence-electron chi connectivity index (χ3n) is 7.54. The van der Waals surface area contributed by atoms with Gasteiger partial charge in [-0.1, -0.05) is 144 Å². The fourth-order valence-corrected chi connectivity index (χ4v) is 4.97. The molecule has 0 aliphatic rings. The van der Waals surface area contributed by atoms with Gasteiger partial charge in [0.25, 0.3) is 0 Å². The van der Waals surface area contributed by atoms with Gasteiger partial charge < -0.3 is 5.32 Å². The summed E-state index contributed by atoms with van der Waals surface area (Å²) in [5.41, 5.74) is -0.237. The molecule has 192 valence electrons. The van der Waals surface area contributed by atoms with Crippen molar-refractivity contribution in [1.29, 1.82) is 0 Å². The number of carbonyl (C=O) groups excluding carboxylic acids is 1. The van der Waals surface area contributed by atoms with Crippen molar-refractivity contribution in [1.82, 2.24) is 5.32 Å². The summed E-state index contributed by atoms with van der Waals surface area (Å²) in [6.07, 6.45) is 26.0. The molecule has 0 spiro atoms. The molecule has 1 atom stereocenters. The summed E-state index contributed by atoms with van der Waals surface area (Å²) in [6, 6.07) is 0. The number of carbonyl (C=O) groups is 1. The molecular weight excluding hydrogens is 390 g/mol. The van der Waals surface area contributed by atoms with Gasteiger partial charge in [-0.05, 0) is 32.6 Å². The Morgan fingerprint density at radius 2 is 0.812 bits per heavy atom. The maximum atomic E-state index is 13.7. The average Bonchev–Trinajstić information content (AvgIpc) is 2.77. The van der Waals surface area contributed by atoms with Crippen LogP contribution in [0.3, 0.4) is 0 Å². The van der Waals surface area contributed by atoms with Gasteiger partial charge in [-0.2, -0.15) is 0 Å². The molecule has 0 aromatic rings. The Morgan fingerprint density at radius 3 is 1.19 bits per heavy atom. The van der Waals surface area contributed by atoms with Crippen LogP contribution in [0.5, 0.6) is 0 Å². The van der Waals surface area contributed by atoms with Gasteiger partial charge in [0.1, 0.15) is 0 Å². The molecule has 32 heavy (non-hydrogen) atoms. The van der Waals surface area contributed by atoms with Crippen LogP contribution in [0.15, 0.2) is 0 Å². The second kappa shape index (κ2) is 19.9. The minimum absolute atomic E-state index is 0.0366. The zero-order valence-corrected chi connectivity index (χ0v) is 23.3. The maximum absolute atomic E-state index is 13.7. The monoisotopic (exact) mass is 451 g/mol. The number of nitrogens with one attached hydrogen (secondary N) is 1. The molecule has 0 heterocycles. The van der Waals surface area contributed by atoms with E-state index in [0.29, 0.717) is 5.91 Å². The summed E-state index contributed by atoms with van der Waals surface area (Å²) in [7, 11) is 0. The van der Waals surface area contributed by atoms with Gasteiger partial charge in [-0.3, -0.25) is 4.79 Å². The highest BCUT2D eigenvalue weighted by atomic mass is 16.2. The SMILES string of the molecule is CCCCCCCC(C)(CCCCCC)NC(=O)C(C)(CCCCCC)CCCCCC. The summed E-state index contributed by atoms with van der Waals surface area (Å²) >= 11 is 0. The van der Waals surface area contributed by atoms with Crippen LogP contribution >= 0.6 is 0 Å². The van der Waals surface area contributed by atoms with E-state index in [1.807, 2.05) is 0 Å². The third-order valence-corrected chi connectivity index (χ3v) is 7.54. The first-order valence-electron chi connectivity index (χ1n) is 14.7. The lowest BCUT2D eigenvalue weighted by Gasteiger charge is -2.37. The van der Waals surface area contributed by atoms with Crippen molar-refractivity contribution in [3.8, 4) is 0 Å². The van der Waals surface area contributed by atoms with E-state index in [-0.39, 0.29) is 11.0 Å². The molecule has 0 fully saturated rings. The Balaban J connectivity index is 5.10. The van der Waals surface area contributed by atoms with E-state index >= 15 is 0 Å². The zero-order chi connectivity index (χ0) is 24.1. The van der Waals surface area contributed by atoms with Crippen LogP contribution in [0.25, 0.3) is 0 Å². The topological polar surface area (TPSA) is 29.1 Å². The Labute approximate surface area is 203 Å². The molecule has 0 aromatic carbocycles. The minimum Gasteiger partial charge on any atom is -0.350 e. The maximum Gasteiger partial charge on any atom is 0.226 e. The van der Waals surface area contributed by atoms with Crippen molar-refractivity contribution < 1.29 is 4.79 Å². The Kier molecular flexibility index (Phi) is 19.6. The normalized spacial score (nSPS) is 13.8. The van der Waals surface area contributed by atoms with E-state index in [9.17, 15) is 4.79 Å². The molecule has 0 bridgehead atoms. The highest BCUT2D eigenvalue weighted by Crippen LogP contribution is 2.34. The Morgan fingerprint density at radius 1 is 0.500 bits per heavy atom. The molecular formula is C30H61NO. The quantitative estimate of drug-likeness (QED) is 0.154. The lowest BCUT2D eigenvalue weighted by molar-refractivity contribution is -0.133. The van der Waals surface area contributed by atoms with Crippen LogP contribution in [0.1, 0.15) is 176 Å². The van der Waals surface area contributed by atoms with Gasteiger partial charge in [0.05, 0.1) is 0 Å². The fourth-order valence-electron chi connectivity index (χ4n) is 4.97. The van der Waals surface area contributed by atoms with Gasteiger partial charge in [0.15, 0.2) is 0 Å². The van der Waals surface area contributed by atoms with Gasteiger partial charge in [-0.15, -0.1) is 0 Å². The lowest BCUT2D eigenvalue weighted by Crippen LogP contribution is -2.51. The number of hydrogen-bond donors (Lipinski definition) is 1. The predicted octanol–water partition coefficient (Wildman–Crippen LogP) is 10.1. The molecule has 0 aliphatic carbocycles. The summed E-state index contributed by atoms with van der Waals surface area (Å²) < 4.78 is 0. The zero-order valence-electron chi connectivity index (χ0n) is 23.3. The summed E-state index contributed by atoms with van der Waals surface area (Å²) in [5.74, 6) is 0.344. The van der Waals surface area contributed by atoms with Crippen LogP contribution < -0.4 is 5.32 Å². The average molecular weight is 452 g/mol. The van der Waals surface area contributed by atoms with E-state index in [1.165, 1.54) is 109 Å². The molecule has 0 aliphatic heterocycles. The largest absolute Gasteiger partial charge is 0.350 e. The molecule has 0 radical (unpaired) electrons. The highest BCUT2D eigenvalue weighted by Gasteiger charge is 2.36. The van der Waals surface area contributed by atoms with Crippen LogP contribution in [0, 0.1) is 5.41 Å². The van der Waals surface area contributed by atoms with Crippen LogP contribution in [-0.2, 0) is 4.79 Å². The molecule has 1 amide bonds. The number of rotatable bonds is 23. The van der Waals surface area contributed by atoms with E-state index in [0.717, 1.165) is 25.7 Å². The molecule has 2 heteroatoms. The Hall–Kier alpha value is -0.530.